The summed E-state index contributed by atoms with van der Waals surface area (Å²) in [5.41, 5.74) is 1.17. The Balaban J connectivity index is 2.05. The van der Waals surface area contributed by atoms with E-state index in [-0.39, 0.29) is 12.5 Å². The maximum Gasteiger partial charge on any atom is 0.407 e. The van der Waals surface area contributed by atoms with Gasteiger partial charge in [0.25, 0.3) is 0 Å². The Hall–Kier alpha value is -2.55. The molecule has 1 N–H and O–H groups in total. The van der Waals surface area contributed by atoms with E-state index >= 15 is 0 Å². The van der Waals surface area contributed by atoms with E-state index in [2.05, 4.69) is 0 Å². The lowest BCUT2D eigenvalue weighted by atomic mass is 10.1. The van der Waals surface area contributed by atoms with Gasteiger partial charge in [0.2, 0.25) is 0 Å². The van der Waals surface area contributed by atoms with E-state index in [4.69, 9.17) is 15.1 Å². The molecular formula is C15H16N2O4. The van der Waals surface area contributed by atoms with Gasteiger partial charge < -0.3 is 19.5 Å². The Bertz CT molecular complexity index is 572. The summed E-state index contributed by atoms with van der Waals surface area (Å²) in [7, 11) is 0. The van der Waals surface area contributed by atoms with E-state index in [1.807, 2.05) is 6.07 Å². The number of aldehydes is 1. The lowest BCUT2D eigenvalue weighted by molar-refractivity contribution is -0.107. The minimum absolute atomic E-state index is 0.0704. The van der Waals surface area contributed by atoms with Gasteiger partial charge in [0.05, 0.1) is 11.6 Å². The van der Waals surface area contributed by atoms with E-state index in [1.165, 1.54) is 4.90 Å². The van der Waals surface area contributed by atoms with Crippen LogP contribution in [0.15, 0.2) is 18.2 Å². The number of likely N-dealkylation sites (tertiary alicyclic amines) is 1. The number of carboxylic acid groups (broad SMARTS) is 1. The molecule has 21 heavy (non-hydrogen) atoms. The molecule has 0 aliphatic carbocycles. The van der Waals surface area contributed by atoms with Gasteiger partial charge >= 0.3 is 6.09 Å². The molecule has 1 aliphatic rings. The van der Waals surface area contributed by atoms with E-state index in [0.29, 0.717) is 42.8 Å². The Labute approximate surface area is 122 Å². The monoisotopic (exact) mass is 288 g/mol. The summed E-state index contributed by atoms with van der Waals surface area (Å²) >= 11 is 0. The molecule has 1 heterocycles. The lowest BCUT2D eigenvalue weighted by Gasteiger charge is -2.30. The highest BCUT2D eigenvalue weighted by Gasteiger charge is 2.24. The van der Waals surface area contributed by atoms with Crippen molar-refractivity contribution >= 4 is 12.4 Å². The van der Waals surface area contributed by atoms with Gasteiger partial charge in [0, 0.05) is 37.9 Å². The molecule has 0 spiro atoms. The van der Waals surface area contributed by atoms with Crippen LogP contribution in [0, 0.1) is 11.3 Å². The second-order valence-electron chi connectivity index (χ2n) is 4.89. The number of piperidine rings is 1. The zero-order valence-corrected chi connectivity index (χ0v) is 11.5. The van der Waals surface area contributed by atoms with E-state index in [1.54, 1.807) is 18.2 Å². The van der Waals surface area contributed by atoms with Crippen LogP contribution < -0.4 is 4.74 Å². The molecule has 6 heteroatoms. The van der Waals surface area contributed by atoms with Crippen molar-refractivity contribution in [3.8, 4) is 11.8 Å². The third kappa shape index (κ3) is 3.72. The van der Waals surface area contributed by atoms with Crippen LogP contribution in [0.25, 0.3) is 0 Å². The predicted octanol–water partition coefficient (Wildman–Crippen LogP) is 1.82. The first-order chi connectivity index (χ1) is 10.1. The van der Waals surface area contributed by atoms with Gasteiger partial charge in [-0.1, -0.05) is 0 Å². The number of rotatable bonds is 4. The fourth-order valence-electron chi connectivity index (χ4n) is 2.36. The summed E-state index contributed by atoms with van der Waals surface area (Å²) < 4.78 is 5.88. The molecule has 0 aromatic heterocycles. The smallest absolute Gasteiger partial charge is 0.407 e. The fourth-order valence-corrected chi connectivity index (χ4v) is 2.36. The molecule has 1 saturated heterocycles. The van der Waals surface area contributed by atoms with Gasteiger partial charge in [-0.15, -0.1) is 0 Å². The zero-order chi connectivity index (χ0) is 15.2. The molecule has 0 bridgehead atoms. The first kappa shape index (κ1) is 14.9. The molecule has 1 aromatic rings. The van der Waals surface area contributed by atoms with Crippen LogP contribution in [-0.4, -0.2) is 41.6 Å². The largest absolute Gasteiger partial charge is 0.490 e. The summed E-state index contributed by atoms with van der Waals surface area (Å²) in [5.74, 6) is 0.592. The summed E-state index contributed by atoms with van der Waals surface area (Å²) in [6.07, 6.45) is 1.22. The topological polar surface area (TPSA) is 90.6 Å². The van der Waals surface area contributed by atoms with E-state index in [9.17, 15) is 9.59 Å². The van der Waals surface area contributed by atoms with Gasteiger partial charge in [-0.05, 0) is 18.2 Å². The Morgan fingerprint density at radius 1 is 1.48 bits per heavy atom. The SMILES string of the molecule is N#Cc1ccc(OC2CCN(C(=O)O)CC2)c(CC=O)c1. The van der Waals surface area contributed by atoms with Crippen LogP contribution in [0.1, 0.15) is 24.0 Å². The van der Waals surface area contributed by atoms with E-state index < -0.39 is 6.09 Å². The third-order valence-corrected chi connectivity index (χ3v) is 3.50. The number of carbonyl (C=O) groups is 2. The molecule has 0 atom stereocenters. The molecule has 2 rings (SSSR count). The maximum atomic E-state index is 10.8. The molecule has 110 valence electrons. The average Bonchev–Trinajstić information content (AvgIpc) is 2.49. The van der Waals surface area contributed by atoms with Crippen molar-refractivity contribution in [2.24, 2.45) is 0 Å². The Kier molecular flexibility index (Phi) is 4.77. The van der Waals surface area contributed by atoms with Crippen molar-refractivity contribution in [2.45, 2.75) is 25.4 Å². The minimum Gasteiger partial charge on any atom is -0.490 e. The van der Waals surface area contributed by atoms with Crippen LogP contribution in [0.4, 0.5) is 4.79 Å². The van der Waals surface area contributed by atoms with Gasteiger partial charge in [-0.3, -0.25) is 0 Å². The van der Waals surface area contributed by atoms with Crippen molar-refractivity contribution in [1.82, 2.24) is 4.90 Å². The number of amides is 1. The predicted molar refractivity (Wildman–Crippen MR) is 74.2 cm³/mol. The number of nitriles is 1. The average molecular weight is 288 g/mol. The van der Waals surface area contributed by atoms with Crippen molar-refractivity contribution in [1.29, 1.82) is 5.26 Å². The van der Waals surface area contributed by atoms with Crippen molar-refractivity contribution < 1.29 is 19.4 Å². The Morgan fingerprint density at radius 3 is 2.76 bits per heavy atom. The Morgan fingerprint density at radius 2 is 2.19 bits per heavy atom. The molecule has 6 nitrogen and oxygen atoms in total. The minimum atomic E-state index is -0.909. The summed E-state index contributed by atoms with van der Waals surface area (Å²) in [6, 6.07) is 7.02. The highest BCUT2D eigenvalue weighted by molar-refractivity contribution is 5.65. The van der Waals surface area contributed by atoms with Crippen LogP contribution in [-0.2, 0) is 11.2 Å². The number of hydrogen-bond donors (Lipinski definition) is 1. The second kappa shape index (κ2) is 6.75. The summed E-state index contributed by atoms with van der Waals surface area (Å²) in [5, 5.41) is 17.8. The fraction of sp³-hybridized carbons (Fsp3) is 0.400. The third-order valence-electron chi connectivity index (χ3n) is 3.50. The number of ether oxygens (including phenoxy) is 1. The molecule has 1 amide bonds. The van der Waals surface area contributed by atoms with E-state index in [0.717, 1.165) is 6.29 Å². The molecule has 1 fully saturated rings. The van der Waals surface area contributed by atoms with Crippen LogP contribution in [0.3, 0.4) is 0 Å². The standard InChI is InChI=1S/C15H16N2O4/c16-10-11-1-2-14(12(9-11)5-8-18)21-13-3-6-17(7-4-13)15(19)20/h1-2,8-9,13H,3-7H2,(H,19,20). The van der Waals surface area contributed by atoms with Crippen molar-refractivity contribution in [3.63, 3.8) is 0 Å². The maximum absolute atomic E-state index is 10.8. The first-order valence-corrected chi connectivity index (χ1v) is 6.75. The number of carbonyl (C=O) groups excluding carboxylic acids is 1. The lowest BCUT2D eigenvalue weighted by Crippen LogP contribution is -2.41. The molecular weight excluding hydrogens is 272 g/mol. The molecule has 1 aromatic carbocycles. The first-order valence-electron chi connectivity index (χ1n) is 6.75. The van der Waals surface area contributed by atoms with Crippen LogP contribution in [0.2, 0.25) is 0 Å². The van der Waals surface area contributed by atoms with Crippen molar-refractivity contribution in [2.75, 3.05) is 13.1 Å². The number of benzene rings is 1. The zero-order valence-electron chi connectivity index (χ0n) is 11.5. The summed E-state index contributed by atoms with van der Waals surface area (Å²) in [6.45, 7) is 0.887. The molecule has 0 unspecified atom stereocenters. The highest BCUT2D eigenvalue weighted by atomic mass is 16.5. The van der Waals surface area contributed by atoms with Crippen LogP contribution in [0.5, 0.6) is 5.75 Å². The molecule has 1 aliphatic heterocycles. The highest BCUT2D eigenvalue weighted by Crippen LogP contribution is 2.24. The van der Waals surface area contributed by atoms with Crippen LogP contribution >= 0.6 is 0 Å². The summed E-state index contributed by atoms with van der Waals surface area (Å²) in [4.78, 5) is 22.9. The normalized spacial score (nSPS) is 15.3. The van der Waals surface area contributed by atoms with Crippen molar-refractivity contribution in [3.05, 3.63) is 29.3 Å². The van der Waals surface area contributed by atoms with Gasteiger partial charge in [0.15, 0.2) is 0 Å². The van der Waals surface area contributed by atoms with Gasteiger partial charge in [-0.25, -0.2) is 4.79 Å². The molecule has 0 radical (unpaired) electrons. The number of nitrogens with zero attached hydrogens (tertiary/aromatic N) is 2. The second-order valence-corrected chi connectivity index (χ2v) is 4.89. The van der Waals surface area contributed by atoms with Gasteiger partial charge in [0.1, 0.15) is 18.1 Å². The molecule has 0 saturated carbocycles. The number of hydrogen-bond acceptors (Lipinski definition) is 4. The quantitative estimate of drug-likeness (QED) is 0.853. The van der Waals surface area contributed by atoms with Gasteiger partial charge in [-0.2, -0.15) is 5.26 Å².